The van der Waals surface area contributed by atoms with Crippen molar-refractivity contribution in [2.75, 3.05) is 11.5 Å². The maximum absolute atomic E-state index is 13.4. The Kier molecular flexibility index (Phi) is 8.02. The van der Waals surface area contributed by atoms with E-state index in [-0.39, 0.29) is 11.8 Å². The smallest absolute Gasteiger partial charge is 0.460 e. The molecule has 0 unspecified atom stereocenters. The number of rotatable bonds is 11. The molecule has 0 aromatic heterocycles. The quantitative estimate of drug-likeness (QED) is 0.280. The average Bonchev–Trinajstić information content (AvgIpc) is 2.51. The molecular weight excluding hydrogens is 493 g/mol. The van der Waals surface area contributed by atoms with Crippen LogP contribution < -0.4 is 0 Å². The first-order valence-electron chi connectivity index (χ1n) is 7.05. The highest BCUT2D eigenvalue weighted by molar-refractivity contribution is 7.99. The molecule has 0 saturated carbocycles. The first-order valence-corrected chi connectivity index (χ1v) is 8.20. The minimum atomic E-state index is -8.29. The van der Waals surface area contributed by atoms with Crippen molar-refractivity contribution in [1.82, 2.24) is 0 Å². The fourth-order valence-electron chi connectivity index (χ4n) is 1.62. The monoisotopic (exact) mass is 502 g/mol. The number of carboxylic acid groups (broad SMARTS) is 1. The molecule has 0 aliphatic heterocycles. The van der Waals surface area contributed by atoms with Gasteiger partial charge in [-0.05, 0) is 5.75 Å². The van der Waals surface area contributed by atoms with E-state index in [1.54, 1.807) is 0 Å². The van der Waals surface area contributed by atoms with Gasteiger partial charge in [0.2, 0.25) is 0 Å². The molecule has 0 heterocycles. The van der Waals surface area contributed by atoms with Gasteiger partial charge in [-0.2, -0.15) is 77.6 Å². The fourth-order valence-corrected chi connectivity index (χ4v) is 2.54. The lowest BCUT2D eigenvalue weighted by molar-refractivity contribution is -0.452. The molecule has 180 valence electrons. The van der Waals surface area contributed by atoms with Gasteiger partial charge in [0.05, 0.1) is 6.42 Å². The molecule has 0 amide bonds. The van der Waals surface area contributed by atoms with Gasteiger partial charge in [-0.15, -0.1) is 0 Å². The third-order valence-electron chi connectivity index (χ3n) is 3.41. The van der Waals surface area contributed by atoms with Crippen molar-refractivity contribution >= 4 is 17.7 Å². The van der Waals surface area contributed by atoms with Crippen LogP contribution in [0.4, 0.5) is 65.9 Å². The summed E-state index contributed by atoms with van der Waals surface area (Å²) >= 11 is 0.112. The van der Waals surface area contributed by atoms with E-state index in [9.17, 15) is 70.7 Å². The van der Waals surface area contributed by atoms with Crippen molar-refractivity contribution in [3.05, 3.63) is 0 Å². The maximum atomic E-state index is 13.4. The lowest BCUT2D eigenvalue weighted by Gasteiger charge is -2.41. The summed E-state index contributed by atoms with van der Waals surface area (Å²) < 4.78 is 193. The van der Waals surface area contributed by atoms with Crippen molar-refractivity contribution in [3.63, 3.8) is 0 Å². The van der Waals surface area contributed by atoms with Crippen molar-refractivity contribution < 1.29 is 75.8 Å². The van der Waals surface area contributed by atoms with Crippen molar-refractivity contribution in [2.45, 2.75) is 54.6 Å². The Bertz CT molecular complexity index is 613. The average molecular weight is 502 g/mol. The van der Waals surface area contributed by atoms with E-state index in [0.717, 1.165) is 0 Å². The van der Waals surface area contributed by atoms with Crippen LogP contribution in [-0.4, -0.2) is 64.3 Å². The third-order valence-corrected chi connectivity index (χ3v) is 4.40. The summed E-state index contributed by atoms with van der Waals surface area (Å²) in [5, 5.41) is 8.22. The highest BCUT2D eigenvalue weighted by atomic mass is 32.2. The topological polar surface area (TPSA) is 37.3 Å². The molecule has 0 fully saturated rings. The van der Waals surface area contributed by atoms with Crippen molar-refractivity contribution in [2.24, 2.45) is 0 Å². The molecule has 0 radical (unpaired) electrons. The Morgan fingerprint density at radius 2 is 0.967 bits per heavy atom. The molecule has 0 spiro atoms. The number of hydrogen-bond donors (Lipinski definition) is 1. The SMILES string of the molecule is O=C(O)CCSCCC(F)(F)C(F)(F)C(F)(F)C(F)(F)C(F)(F)C(F)(F)C(F)(F)F. The number of aliphatic carboxylic acids is 1. The molecule has 0 aromatic carbocycles. The second-order valence-electron chi connectivity index (χ2n) is 5.58. The van der Waals surface area contributed by atoms with E-state index >= 15 is 0 Å². The Morgan fingerprint density at radius 1 is 0.600 bits per heavy atom. The molecule has 1 N–H and O–H groups in total. The third kappa shape index (κ3) is 4.66. The molecule has 0 aliphatic rings. The van der Waals surface area contributed by atoms with Gasteiger partial charge in [-0.25, -0.2) is 0 Å². The molecule has 0 bridgehead atoms. The number of alkyl halides is 15. The zero-order valence-corrected chi connectivity index (χ0v) is 14.6. The highest BCUT2D eigenvalue weighted by Gasteiger charge is 2.93. The summed E-state index contributed by atoms with van der Waals surface area (Å²) in [6.45, 7) is 0. The van der Waals surface area contributed by atoms with Crippen LogP contribution in [0.3, 0.4) is 0 Å². The van der Waals surface area contributed by atoms with Gasteiger partial charge in [-0.1, -0.05) is 0 Å². The predicted octanol–water partition coefficient (Wildman–Crippen LogP) is 5.96. The molecular formula is C12H9F15O2S. The molecule has 0 saturated heterocycles. The van der Waals surface area contributed by atoms with Gasteiger partial charge in [0.15, 0.2) is 0 Å². The van der Waals surface area contributed by atoms with Crippen LogP contribution in [0.2, 0.25) is 0 Å². The van der Waals surface area contributed by atoms with E-state index in [4.69, 9.17) is 5.11 Å². The highest BCUT2D eigenvalue weighted by Crippen LogP contribution is 2.62. The number of halogens is 15. The summed E-state index contributed by atoms with van der Waals surface area (Å²) in [6.07, 6.45) is -10.8. The lowest BCUT2D eigenvalue weighted by atomic mass is 9.90. The summed E-state index contributed by atoms with van der Waals surface area (Å²) in [6, 6.07) is 0. The van der Waals surface area contributed by atoms with E-state index in [0.29, 0.717) is 0 Å². The Balaban J connectivity index is 5.91. The van der Waals surface area contributed by atoms with Crippen LogP contribution in [0.25, 0.3) is 0 Å². The van der Waals surface area contributed by atoms with Crippen LogP contribution in [0.15, 0.2) is 0 Å². The van der Waals surface area contributed by atoms with E-state index in [2.05, 4.69) is 0 Å². The van der Waals surface area contributed by atoms with Gasteiger partial charge >= 0.3 is 47.7 Å². The molecule has 18 heteroatoms. The Hall–Kier alpha value is -1.23. The predicted molar refractivity (Wildman–Crippen MR) is 69.9 cm³/mol. The van der Waals surface area contributed by atoms with E-state index in [1.807, 2.05) is 0 Å². The maximum Gasteiger partial charge on any atom is 0.460 e. The second-order valence-corrected chi connectivity index (χ2v) is 6.81. The van der Waals surface area contributed by atoms with Crippen LogP contribution in [0.1, 0.15) is 12.8 Å². The van der Waals surface area contributed by atoms with Gasteiger partial charge in [-0.3, -0.25) is 4.79 Å². The summed E-state index contributed by atoms with van der Waals surface area (Å²) in [4.78, 5) is 10.1. The van der Waals surface area contributed by atoms with Gasteiger partial charge < -0.3 is 5.11 Å². The van der Waals surface area contributed by atoms with Crippen LogP contribution in [0, 0.1) is 0 Å². The van der Waals surface area contributed by atoms with Crippen LogP contribution in [-0.2, 0) is 4.79 Å². The van der Waals surface area contributed by atoms with Gasteiger partial charge in [0.1, 0.15) is 0 Å². The summed E-state index contributed by atoms with van der Waals surface area (Å²) in [5.74, 6) is -49.8. The van der Waals surface area contributed by atoms with Gasteiger partial charge in [0.25, 0.3) is 0 Å². The van der Waals surface area contributed by atoms with E-state index < -0.39 is 72.0 Å². The molecule has 0 aromatic rings. The zero-order chi connectivity index (χ0) is 24.6. The molecule has 0 rings (SSSR count). The number of carbonyl (C=O) groups is 1. The fraction of sp³-hybridized carbons (Fsp3) is 0.917. The minimum absolute atomic E-state index is 0.112. The largest absolute Gasteiger partial charge is 0.481 e. The molecule has 0 atom stereocenters. The molecule has 30 heavy (non-hydrogen) atoms. The first-order chi connectivity index (χ1) is 12.9. The van der Waals surface area contributed by atoms with Crippen molar-refractivity contribution in [1.29, 1.82) is 0 Å². The zero-order valence-electron chi connectivity index (χ0n) is 13.8. The molecule has 2 nitrogen and oxygen atoms in total. The first kappa shape index (κ1) is 28.8. The number of hydrogen-bond acceptors (Lipinski definition) is 2. The number of thioether (sulfide) groups is 1. The minimum Gasteiger partial charge on any atom is -0.481 e. The standard InChI is InChI=1S/C12H9F15O2S/c13-6(14,2-4-30-3-1-5(28)29)7(15,16)8(17,18)9(19,20)10(21,22)11(23,24)12(25,26)27/h1-4H2,(H,28,29). The lowest BCUT2D eigenvalue weighted by Crippen LogP contribution is -2.72. The summed E-state index contributed by atoms with van der Waals surface area (Å²) in [7, 11) is 0. The van der Waals surface area contributed by atoms with Gasteiger partial charge in [0, 0.05) is 12.2 Å². The second kappa shape index (κ2) is 8.37. The summed E-state index contributed by atoms with van der Waals surface area (Å²) in [5.41, 5.74) is 0. The van der Waals surface area contributed by atoms with Crippen LogP contribution >= 0.6 is 11.8 Å². The number of carboxylic acids is 1. The molecule has 0 aliphatic carbocycles. The Labute approximate surface area is 160 Å². The van der Waals surface area contributed by atoms with Crippen molar-refractivity contribution in [3.8, 4) is 0 Å². The normalized spacial score (nSPS) is 15.4. The van der Waals surface area contributed by atoms with Crippen LogP contribution in [0.5, 0.6) is 0 Å². The Morgan fingerprint density at radius 3 is 1.33 bits per heavy atom. The van der Waals surface area contributed by atoms with E-state index in [1.165, 1.54) is 0 Å².